The van der Waals surface area contributed by atoms with Gasteiger partial charge in [-0.3, -0.25) is 14.4 Å². The molecular weight excluding hydrogens is 387 g/mol. The zero-order valence-electron chi connectivity index (χ0n) is 18.3. The summed E-state index contributed by atoms with van der Waals surface area (Å²) in [6, 6.07) is 0. The third kappa shape index (κ3) is 2.34. The molecular formula is C24H31FO5. The van der Waals surface area contributed by atoms with Gasteiger partial charge in [-0.25, -0.2) is 4.39 Å². The fourth-order valence-electron chi connectivity index (χ4n) is 7.65. The lowest BCUT2D eigenvalue weighted by Crippen LogP contribution is -2.70. The molecule has 1 N–H and O–H groups in total. The number of Topliss-reactive ketones (excluding diaryl/α,β-unsaturated/α-hetero) is 1. The highest BCUT2D eigenvalue weighted by atomic mass is 19.1. The molecule has 8 atom stereocenters. The van der Waals surface area contributed by atoms with Crippen LogP contribution in [0.4, 0.5) is 4.39 Å². The molecule has 3 fully saturated rings. The van der Waals surface area contributed by atoms with E-state index >= 15 is 4.39 Å². The van der Waals surface area contributed by atoms with Crippen LogP contribution in [0.3, 0.4) is 0 Å². The molecule has 0 unspecified atom stereocenters. The van der Waals surface area contributed by atoms with Gasteiger partial charge < -0.3 is 9.84 Å². The lowest BCUT2D eigenvalue weighted by atomic mass is 9.43. The van der Waals surface area contributed by atoms with Gasteiger partial charge in [-0.2, -0.15) is 0 Å². The van der Waals surface area contributed by atoms with Crippen LogP contribution in [0.2, 0.25) is 0 Å². The van der Waals surface area contributed by atoms with Gasteiger partial charge in [0.1, 0.15) is 0 Å². The maximum atomic E-state index is 17.1. The van der Waals surface area contributed by atoms with Gasteiger partial charge in [0.2, 0.25) is 0 Å². The summed E-state index contributed by atoms with van der Waals surface area (Å²) in [5.41, 5.74) is -4.52. The number of aliphatic hydroxyl groups is 1. The van der Waals surface area contributed by atoms with Crippen LogP contribution in [0, 0.1) is 28.6 Å². The van der Waals surface area contributed by atoms with Crippen LogP contribution < -0.4 is 0 Å². The monoisotopic (exact) mass is 418 g/mol. The van der Waals surface area contributed by atoms with Gasteiger partial charge in [0.05, 0.1) is 6.10 Å². The Bertz CT molecular complexity index is 892. The number of hydrogen-bond donors (Lipinski definition) is 1. The molecule has 0 heterocycles. The number of ether oxygens (including phenoxy) is 1. The minimum absolute atomic E-state index is 0.0244. The molecule has 0 aliphatic heterocycles. The average Bonchev–Trinajstić information content (AvgIpc) is 2.92. The number of aliphatic hydroxyl groups excluding tert-OH is 1. The number of ketones is 2. The number of rotatable bonds is 2. The molecule has 0 aromatic carbocycles. The van der Waals surface area contributed by atoms with E-state index in [2.05, 4.69) is 0 Å². The lowest BCUT2D eigenvalue weighted by Gasteiger charge is -2.63. The largest absolute Gasteiger partial charge is 0.451 e. The summed E-state index contributed by atoms with van der Waals surface area (Å²) in [5, 5.41) is 11.3. The highest BCUT2D eigenvalue weighted by Crippen LogP contribution is 2.71. The molecule has 4 rings (SSSR count). The number of alkyl halides is 1. The standard InChI is InChI=1S/C24H31FO5/c1-13-10-19-17-7-9-23(14(2)26,30-15(3)27)22(17,5)12-20(29)24(19,25)21(4)8-6-16(28)11-18(13)21/h6,8,11,13,17,19-20,29H,7,9-10,12H2,1-5H3/t13-,17+,19+,20+,21-,22+,23+,24+/m0/s1. The fraction of sp³-hybridized carbons (Fsp3) is 0.708. The molecule has 3 saturated carbocycles. The van der Waals surface area contributed by atoms with E-state index in [9.17, 15) is 19.5 Å². The van der Waals surface area contributed by atoms with E-state index in [0.717, 1.165) is 5.57 Å². The lowest BCUT2D eigenvalue weighted by molar-refractivity contribution is -0.226. The maximum absolute atomic E-state index is 17.1. The smallest absolute Gasteiger partial charge is 0.303 e. The van der Waals surface area contributed by atoms with Crippen LogP contribution in [0.5, 0.6) is 0 Å². The Hall–Kier alpha value is -1.82. The molecule has 0 radical (unpaired) electrons. The molecule has 0 aromatic rings. The van der Waals surface area contributed by atoms with Crippen LogP contribution in [0.1, 0.15) is 60.3 Å². The number of esters is 1. The van der Waals surface area contributed by atoms with Crippen molar-refractivity contribution in [2.45, 2.75) is 77.7 Å². The molecule has 30 heavy (non-hydrogen) atoms. The summed E-state index contributed by atoms with van der Waals surface area (Å²) in [4.78, 5) is 36.7. The maximum Gasteiger partial charge on any atom is 0.303 e. The Labute approximate surface area is 176 Å². The molecule has 4 aliphatic carbocycles. The first kappa shape index (κ1) is 21.4. The molecule has 0 spiro atoms. The third-order valence-corrected chi connectivity index (χ3v) is 8.98. The van der Waals surface area contributed by atoms with Crippen molar-refractivity contribution in [2.24, 2.45) is 28.6 Å². The summed E-state index contributed by atoms with van der Waals surface area (Å²) in [6.07, 6.45) is 4.58. The topological polar surface area (TPSA) is 80.7 Å². The van der Waals surface area contributed by atoms with Gasteiger partial charge in [0, 0.05) is 23.7 Å². The van der Waals surface area contributed by atoms with E-state index in [-0.39, 0.29) is 29.8 Å². The Morgan fingerprint density at radius 2 is 1.90 bits per heavy atom. The first-order valence-electron chi connectivity index (χ1n) is 10.9. The highest BCUT2D eigenvalue weighted by molar-refractivity contribution is 6.01. The zero-order chi connectivity index (χ0) is 22.3. The highest BCUT2D eigenvalue weighted by Gasteiger charge is 2.75. The van der Waals surface area contributed by atoms with Crippen molar-refractivity contribution in [1.82, 2.24) is 0 Å². The van der Waals surface area contributed by atoms with Crippen LogP contribution in [0.25, 0.3) is 0 Å². The Morgan fingerprint density at radius 1 is 1.23 bits per heavy atom. The van der Waals surface area contributed by atoms with E-state index < -0.39 is 40.1 Å². The van der Waals surface area contributed by atoms with Gasteiger partial charge in [0.15, 0.2) is 22.8 Å². The first-order chi connectivity index (χ1) is 13.8. The van der Waals surface area contributed by atoms with E-state index in [1.165, 1.54) is 26.0 Å². The van der Waals surface area contributed by atoms with Gasteiger partial charge in [-0.05, 0) is 63.5 Å². The minimum Gasteiger partial charge on any atom is -0.451 e. The molecule has 164 valence electrons. The van der Waals surface area contributed by atoms with E-state index in [0.29, 0.717) is 19.3 Å². The zero-order valence-corrected chi connectivity index (χ0v) is 18.3. The predicted molar refractivity (Wildman–Crippen MR) is 108 cm³/mol. The molecule has 4 aliphatic rings. The van der Waals surface area contributed by atoms with Crippen LogP contribution >= 0.6 is 0 Å². The Kier molecular flexibility index (Phi) is 4.53. The number of allylic oxidation sites excluding steroid dienone is 4. The average molecular weight is 419 g/mol. The van der Waals surface area contributed by atoms with Gasteiger partial charge in [0.25, 0.3) is 0 Å². The number of carbonyl (C=O) groups excluding carboxylic acids is 3. The van der Waals surface area contributed by atoms with Gasteiger partial charge in [-0.15, -0.1) is 0 Å². The molecule has 0 aromatic heterocycles. The van der Waals surface area contributed by atoms with Crippen molar-refractivity contribution < 1.29 is 28.6 Å². The summed E-state index contributed by atoms with van der Waals surface area (Å²) in [7, 11) is 0. The Balaban J connectivity index is 1.86. The van der Waals surface area contributed by atoms with Crippen molar-refractivity contribution >= 4 is 17.5 Å². The van der Waals surface area contributed by atoms with Crippen LogP contribution in [-0.4, -0.2) is 40.0 Å². The van der Waals surface area contributed by atoms with E-state index in [1.54, 1.807) is 13.0 Å². The number of carbonyl (C=O) groups is 3. The summed E-state index contributed by atoms with van der Waals surface area (Å²) < 4.78 is 22.8. The van der Waals surface area contributed by atoms with E-state index in [4.69, 9.17) is 4.74 Å². The number of fused-ring (bicyclic) bond motifs is 5. The first-order valence-corrected chi connectivity index (χ1v) is 10.9. The second kappa shape index (κ2) is 6.35. The second-order valence-electron chi connectivity index (χ2n) is 10.3. The normalized spacial score (nSPS) is 49.6. The summed E-state index contributed by atoms with van der Waals surface area (Å²) >= 11 is 0. The van der Waals surface area contributed by atoms with Crippen LogP contribution in [0.15, 0.2) is 23.8 Å². The predicted octanol–water partition coefficient (Wildman–Crippen LogP) is 3.49. The van der Waals surface area contributed by atoms with Crippen molar-refractivity contribution in [3.63, 3.8) is 0 Å². The SMILES string of the molecule is CC(=O)O[C@@]1(C(C)=O)CC[C@@H]2[C@H]3C[C@H](C)C4=CC(=O)C=C[C@]4(C)[C@]3(F)[C@H](O)C[C@]21C. The number of halogens is 1. The molecule has 6 heteroatoms. The quantitative estimate of drug-likeness (QED) is 0.695. The summed E-state index contributed by atoms with van der Waals surface area (Å²) in [5.74, 6) is -1.72. The number of hydrogen-bond acceptors (Lipinski definition) is 5. The Morgan fingerprint density at radius 3 is 2.50 bits per heavy atom. The van der Waals surface area contributed by atoms with Gasteiger partial charge >= 0.3 is 5.97 Å². The molecule has 0 amide bonds. The molecule has 0 saturated heterocycles. The van der Waals surface area contributed by atoms with Crippen molar-refractivity contribution in [3.8, 4) is 0 Å². The third-order valence-electron chi connectivity index (χ3n) is 8.98. The van der Waals surface area contributed by atoms with E-state index in [1.807, 2.05) is 13.8 Å². The fourth-order valence-corrected chi connectivity index (χ4v) is 7.65. The molecule has 5 nitrogen and oxygen atoms in total. The van der Waals surface area contributed by atoms with Crippen molar-refractivity contribution in [1.29, 1.82) is 0 Å². The second-order valence-corrected chi connectivity index (χ2v) is 10.3. The minimum atomic E-state index is -1.96. The van der Waals surface area contributed by atoms with Crippen LogP contribution in [-0.2, 0) is 19.1 Å². The van der Waals surface area contributed by atoms with Crippen molar-refractivity contribution in [2.75, 3.05) is 0 Å². The van der Waals surface area contributed by atoms with Gasteiger partial charge in [-0.1, -0.05) is 25.5 Å². The van der Waals surface area contributed by atoms with Crippen molar-refractivity contribution in [3.05, 3.63) is 23.8 Å². The molecule has 0 bridgehead atoms. The summed E-state index contributed by atoms with van der Waals surface area (Å²) in [6.45, 7) is 8.34.